The van der Waals surface area contributed by atoms with E-state index in [0.717, 1.165) is 38.4 Å². The van der Waals surface area contributed by atoms with E-state index in [1.54, 1.807) is 14.0 Å². The van der Waals surface area contributed by atoms with E-state index in [1.165, 1.54) is 17.7 Å². The molecule has 1 fully saturated rings. The third-order valence-corrected chi connectivity index (χ3v) is 7.14. The van der Waals surface area contributed by atoms with E-state index in [2.05, 4.69) is 10.3 Å². The molecule has 8 heteroatoms. The topological polar surface area (TPSA) is 98.1 Å². The van der Waals surface area contributed by atoms with Gasteiger partial charge >= 0.3 is 0 Å². The summed E-state index contributed by atoms with van der Waals surface area (Å²) in [4.78, 5) is 30.5. The molecular formula is C21H29N3O4S. The number of sulfone groups is 1. The lowest BCUT2D eigenvalue weighted by molar-refractivity contribution is -0.120. The average molecular weight is 420 g/mol. The molecule has 29 heavy (non-hydrogen) atoms. The Morgan fingerprint density at radius 3 is 2.21 bits per heavy atom. The van der Waals surface area contributed by atoms with Gasteiger partial charge in [-0.05, 0) is 33.6 Å². The third-order valence-electron chi connectivity index (χ3n) is 6.00. The lowest BCUT2D eigenvalue weighted by Crippen LogP contribution is -2.34. The highest BCUT2D eigenvalue weighted by Gasteiger charge is 2.40. The Labute approximate surface area is 172 Å². The van der Waals surface area contributed by atoms with E-state index in [1.807, 2.05) is 6.92 Å². The molecule has 2 heterocycles. The Kier molecular flexibility index (Phi) is 5.85. The van der Waals surface area contributed by atoms with Gasteiger partial charge in [0, 0.05) is 41.8 Å². The molecule has 1 aromatic heterocycles. The first kappa shape index (κ1) is 21.5. The highest BCUT2D eigenvalue weighted by atomic mass is 32.2. The molecule has 7 nitrogen and oxygen atoms in total. The zero-order chi connectivity index (χ0) is 21.5. The second-order valence-electron chi connectivity index (χ2n) is 8.18. The Balaban J connectivity index is 2.18. The van der Waals surface area contributed by atoms with Gasteiger partial charge in [0.05, 0.1) is 12.1 Å². The van der Waals surface area contributed by atoms with Crippen molar-refractivity contribution in [2.24, 2.45) is 13.0 Å². The molecule has 1 saturated carbocycles. The van der Waals surface area contributed by atoms with E-state index in [4.69, 9.17) is 0 Å². The van der Waals surface area contributed by atoms with Gasteiger partial charge in [0.1, 0.15) is 5.82 Å². The number of ketones is 2. The first-order valence-electron chi connectivity index (χ1n) is 9.99. The third kappa shape index (κ3) is 3.95. The van der Waals surface area contributed by atoms with Gasteiger partial charge in [-0.3, -0.25) is 9.59 Å². The maximum atomic E-state index is 13.6. The number of hydrogen-bond donors (Lipinski definition) is 1. The van der Waals surface area contributed by atoms with Crippen LogP contribution in [-0.4, -0.2) is 35.8 Å². The molecular weight excluding hydrogens is 390 g/mol. The van der Waals surface area contributed by atoms with Crippen LogP contribution >= 0.6 is 0 Å². The van der Waals surface area contributed by atoms with E-state index >= 15 is 0 Å². The minimum atomic E-state index is -3.49. The number of allylic oxidation sites excluding steroid dienone is 4. The van der Waals surface area contributed by atoms with Crippen molar-refractivity contribution in [3.8, 4) is 0 Å². The van der Waals surface area contributed by atoms with Crippen LogP contribution in [0, 0.1) is 5.92 Å². The molecule has 2 aliphatic rings. The summed E-state index contributed by atoms with van der Waals surface area (Å²) in [7, 11) is -1.87. The number of dihydropyridines is 1. The van der Waals surface area contributed by atoms with Gasteiger partial charge in [-0.1, -0.05) is 19.3 Å². The first-order chi connectivity index (χ1) is 13.5. The first-order valence-corrected chi connectivity index (χ1v) is 11.9. The quantitative estimate of drug-likeness (QED) is 0.788. The zero-order valence-electron chi connectivity index (χ0n) is 17.7. The van der Waals surface area contributed by atoms with Crippen molar-refractivity contribution >= 4 is 21.4 Å². The van der Waals surface area contributed by atoms with Crippen LogP contribution in [0.2, 0.25) is 0 Å². The largest absolute Gasteiger partial charge is 0.362 e. The molecule has 0 aromatic carbocycles. The van der Waals surface area contributed by atoms with Crippen molar-refractivity contribution in [2.45, 2.75) is 63.8 Å². The van der Waals surface area contributed by atoms with Crippen LogP contribution < -0.4 is 5.32 Å². The van der Waals surface area contributed by atoms with Gasteiger partial charge in [0.2, 0.25) is 0 Å². The summed E-state index contributed by atoms with van der Waals surface area (Å²) >= 11 is 0. The van der Waals surface area contributed by atoms with Gasteiger partial charge in [0.15, 0.2) is 26.4 Å². The molecule has 0 amide bonds. The standard InChI is InChI=1S/C21H29N3O4S/c1-12-17(14(3)25)19(21-22-11-16(24(21)4)29(5,27)28)18(13(2)23-12)20(26)15-9-7-6-8-10-15/h11,15,19,23H,6-10H2,1-5H3. The summed E-state index contributed by atoms with van der Waals surface area (Å²) in [6, 6.07) is 0. The van der Waals surface area contributed by atoms with Crippen LogP contribution in [0.5, 0.6) is 0 Å². The fourth-order valence-electron chi connectivity index (χ4n) is 4.65. The Morgan fingerprint density at radius 1 is 1.10 bits per heavy atom. The number of nitrogens with one attached hydrogen (secondary N) is 1. The highest BCUT2D eigenvalue weighted by Crippen LogP contribution is 2.41. The molecule has 1 atom stereocenters. The summed E-state index contributed by atoms with van der Waals surface area (Å²) in [6.45, 7) is 5.11. The molecule has 0 radical (unpaired) electrons. The predicted molar refractivity (Wildman–Crippen MR) is 110 cm³/mol. The minimum Gasteiger partial charge on any atom is -0.362 e. The van der Waals surface area contributed by atoms with E-state index < -0.39 is 15.8 Å². The molecule has 1 aliphatic heterocycles. The van der Waals surface area contributed by atoms with Crippen molar-refractivity contribution in [1.82, 2.24) is 14.9 Å². The monoisotopic (exact) mass is 419 g/mol. The molecule has 0 spiro atoms. The molecule has 1 N–H and O–H groups in total. The molecule has 1 aromatic rings. The normalized spacial score (nSPS) is 21.3. The SMILES string of the molecule is CC(=O)C1=C(C)NC(C)=C(C(=O)C2CCCCC2)C1c1ncc(S(C)(=O)=O)n1C. The number of Topliss-reactive ketones (excluding diaryl/α,β-unsaturated/α-hetero) is 2. The summed E-state index contributed by atoms with van der Waals surface area (Å²) in [5, 5.41) is 3.26. The van der Waals surface area contributed by atoms with E-state index in [9.17, 15) is 18.0 Å². The maximum absolute atomic E-state index is 13.6. The number of rotatable bonds is 5. The molecule has 3 rings (SSSR count). The lowest BCUT2D eigenvalue weighted by Gasteiger charge is -2.32. The molecule has 1 unspecified atom stereocenters. The lowest BCUT2D eigenvalue weighted by atomic mass is 9.75. The van der Waals surface area contributed by atoms with Crippen LogP contribution in [0.4, 0.5) is 0 Å². The van der Waals surface area contributed by atoms with Crippen molar-refractivity contribution in [3.05, 3.63) is 34.6 Å². The number of aromatic nitrogens is 2. The fourth-order valence-corrected chi connectivity index (χ4v) is 5.49. The predicted octanol–water partition coefficient (Wildman–Crippen LogP) is 2.80. The fraction of sp³-hybridized carbons (Fsp3) is 0.571. The highest BCUT2D eigenvalue weighted by molar-refractivity contribution is 7.90. The van der Waals surface area contributed by atoms with Crippen LogP contribution in [0.3, 0.4) is 0 Å². The zero-order valence-corrected chi connectivity index (χ0v) is 18.5. The Hall–Kier alpha value is -2.22. The summed E-state index contributed by atoms with van der Waals surface area (Å²) in [5.74, 6) is -0.474. The average Bonchev–Trinajstić information content (AvgIpc) is 3.02. The summed E-state index contributed by atoms with van der Waals surface area (Å²) in [5.41, 5.74) is 2.37. The van der Waals surface area contributed by atoms with Crippen molar-refractivity contribution in [3.63, 3.8) is 0 Å². The summed E-state index contributed by atoms with van der Waals surface area (Å²) < 4.78 is 25.7. The van der Waals surface area contributed by atoms with Crippen LogP contribution in [0.1, 0.15) is 64.6 Å². The van der Waals surface area contributed by atoms with E-state index in [0.29, 0.717) is 28.4 Å². The number of nitrogens with zero attached hydrogens (tertiary/aromatic N) is 2. The van der Waals surface area contributed by atoms with Gasteiger partial charge in [-0.15, -0.1) is 0 Å². The summed E-state index contributed by atoms with van der Waals surface area (Å²) in [6.07, 6.45) is 7.30. The molecule has 0 bridgehead atoms. The van der Waals surface area contributed by atoms with Gasteiger partial charge in [-0.2, -0.15) is 0 Å². The van der Waals surface area contributed by atoms with Gasteiger partial charge in [0.25, 0.3) is 0 Å². The van der Waals surface area contributed by atoms with Crippen LogP contribution in [0.15, 0.2) is 33.8 Å². The Bertz CT molecular complexity index is 1020. The molecule has 0 saturated heterocycles. The Morgan fingerprint density at radius 2 is 1.69 bits per heavy atom. The second kappa shape index (κ2) is 7.89. The number of imidazole rings is 1. The molecule has 158 valence electrons. The molecule has 1 aliphatic carbocycles. The number of carbonyl (C=O) groups excluding carboxylic acids is 2. The van der Waals surface area contributed by atoms with Crippen molar-refractivity contribution in [1.29, 1.82) is 0 Å². The van der Waals surface area contributed by atoms with Crippen molar-refractivity contribution in [2.75, 3.05) is 6.26 Å². The smallest absolute Gasteiger partial charge is 0.192 e. The maximum Gasteiger partial charge on any atom is 0.192 e. The van der Waals surface area contributed by atoms with Crippen LogP contribution in [-0.2, 0) is 26.5 Å². The van der Waals surface area contributed by atoms with Crippen molar-refractivity contribution < 1.29 is 18.0 Å². The number of carbonyl (C=O) groups is 2. The number of hydrogen-bond acceptors (Lipinski definition) is 6. The minimum absolute atomic E-state index is 0.0369. The van der Waals surface area contributed by atoms with E-state index in [-0.39, 0.29) is 22.5 Å². The van der Waals surface area contributed by atoms with Crippen LogP contribution in [0.25, 0.3) is 0 Å². The van der Waals surface area contributed by atoms with Gasteiger partial charge < -0.3 is 9.88 Å². The van der Waals surface area contributed by atoms with Gasteiger partial charge in [-0.25, -0.2) is 13.4 Å². The second-order valence-corrected chi connectivity index (χ2v) is 10.1.